The number of methoxy groups -OCH3 is 1. The topological polar surface area (TPSA) is 89.3 Å². The second-order valence-electron chi connectivity index (χ2n) is 9.20. The van der Waals surface area contributed by atoms with Gasteiger partial charge < -0.3 is 24.2 Å². The number of para-hydroxylation sites is 1. The van der Waals surface area contributed by atoms with Crippen molar-refractivity contribution >= 4 is 17.5 Å². The van der Waals surface area contributed by atoms with Crippen molar-refractivity contribution in [2.45, 2.75) is 18.7 Å². The minimum absolute atomic E-state index is 0.0233. The Hall–Kier alpha value is -3.11. The van der Waals surface area contributed by atoms with Crippen LogP contribution in [0.1, 0.15) is 5.56 Å². The summed E-state index contributed by atoms with van der Waals surface area (Å²) in [6.07, 6.45) is 3.35. The van der Waals surface area contributed by atoms with Crippen molar-refractivity contribution < 1.29 is 24.1 Å². The molecule has 198 valence electrons. The molecule has 0 radical (unpaired) electrons. The summed E-state index contributed by atoms with van der Waals surface area (Å²) in [5.74, 6) is 1.29. The number of ether oxygens (including phenoxy) is 3. The Balaban J connectivity index is 1.36. The van der Waals surface area contributed by atoms with Crippen LogP contribution < -0.4 is 9.47 Å². The minimum atomic E-state index is -1.24. The van der Waals surface area contributed by atoms with Gasteiger partial charge in [0.05, 0.1) is 24.3 Å². The predicted octanol–water partition coefficient (Wildman–Crippen LogP) is 2.72. The van der Waals surface area contributed by atoms with Crippen LogP contribution in [0.15, 0.2) is 67.0 Å². The number of carbonyl (C=O) groups is 1. The Bertz CT molecular complexity index is 1130. The normalized spacial score (nSPS) is 18.4. The molecule has 1 fully saturated rings. The van der Waals surface area contributed by atoms with E-state index in [4.69, 9.17) is 25.8 Å². The maximum Gasteiger partial charge on any atom is 0.248 e. The molecular formula is C27H33ClN4O5. The molecule has 4 rings (SSSR count). The van der Waals surface area contributed by atoms with Crippen molar-refractivity contribution in [1.82, 2.24) is 19.6 Å². The van der Waals surface area contributed by atoms with Gasteiger partial charge in [0.2, 0.25) is 5.91 Å². The molecule has 1 aliphatic rings. The lowest BCUT2D eigenvalue weighted by atomic mass is 10.0. The van der Waals surface area contributed by atoms with Gasteiger partial charge in [0.25, 0.3) is 0 Å². The van der Waals surface area contributed by atoms with E-state index >= 15 is 0 Å². The SMILES string of the molecule is COCC(=O)N1CCN(Cc2ccc(OCCn3cc(Cl)cn3)cc2)C[C@@](O)(COc2ccccc2)C1. The van der Waals surface area contributed by atoms with Crippen molar-refractivity contribution in [3.8, 4) is 11.5 Å². The molecule has 1 saturated heterocycles. The highest BCUT2D eigenvalue weighted by atomic mass is 35.5. The number of hydrogen-bond donors (Lipinski definition) is 1. The van der Waals surface area contributed by atoms with Crippen molar-refractivity contribution in [2.75, 3.05) is 53.1 Å². The summed E-state index contributed by atoms with van der Waals surface area (Å²) in [5, 5.41) is 16.3. The van der Waals surface area contributed by atoms with Gasteiger partial charge in [-0.3, -0.25) is 14.4 Å². The molecular weight excluding hydrogens is 496 g/mol. The van der Waals surface area contributed by atoms with Crippen molar-refractivity contribution in [1.29, 1.82) is 0 Å². The minimum Gasteiger partial charge on any atom is -0.492 e. The number of halogens is 1. The summed E-state index contributed by atoms with van der Waals surface area (Å²) in [7, 11) is 1.49. The van der Waals surface area contributed by atoms with Crippen LogP contribution in [0, 0.1) is 0 Å². The number of nitrogens with zero attached hydrogens (tertiary/aromatic N) is 4. The van der Waals surface area contributed by atoms with Gasteiger partial charge >= 0.3 is 0 Å². The lowest BCUT2D eigenvalue weighted by Crippen LogP contribution is -2.52. The summed E-state index contributed by atoms with van der Waals surface area (Å²) in [5.41, 5.74) is -0.164. The van der Waals surface area contributed by atoms with Gasteiger partial charge in [0.15, 0.2) is 0 Å². The molecule has 1 N–H and O–H groups in total. The van der Waals surface area contributed by atoms with Gasteiger partial charge in [0, 0.05) is 39.5 Å². The van der Waals surface area contributed by atoms with E-state index < -0.39 is 5.60 Å². The summed E-state index contributed by atoms with van der Waals surface area (Å²) in [4.78, 5) is 16.4. The molecule has 1 atom stereocenters. The van der Waals surface area contributed by atoms with E-state index in [9.17, 15) is 9.90 Å². The first kappa shape index (κ1) is 26.9. The molecule has 9 nitrogen and oxygen atoms in total. The van der Waals surface area contributed by atoms with E-state index in [0.29, 0.717) is 50.1 Å². The molecule has 10 heteroatoms. The Labute approximate surface area is 222 Å². The lowest BCUT2D eigenvalue weighted by molar-refractivity contribution is -0.138. The summed E-state index contributed by atoms with van der Waals surface area (Å²) >= 11 is 5.89. The van der Waals surface area contributed by atoms with E-state index in [1.54, 1.807) is 22.0 Å². The quantitative estimate of drug-likeness (QED) is 0.409. The molecule has 0 unspecified atom stereocenters. The van der Waals surface area contributed by atoms with Crippen LogP contribution in [0.4, 0.5) is 0 Å². The van der Waals surface area contributed by atoms with Gasteiger partial charge in [-0.05, 0) is 29.8 Å². The fourth-order valence-electron chi connectivity index (χ4n) is 4.30. The first-order valence-corrected chi connectivity index (χ1v) is 12.6. The Kier molecular flexibility index (Phi) is 9.40. The van der Waals surface area contributed by atoms with Crippen LogP contribution in [0.25, 0.3) is 0 Å². The third-order valence-electron chi connectivity index (χ3n) is 6.08. The lowest BCUT2D eigenvalue weighted by Gasteiger charge is -2.33. The average molecular weight is 529 g/mol. The van der Waals surface area contributed by atoms with Gasteiger partial charge in [-0.1, -0.05) is 41.9 Å². The van der Waals surface area contributed by atoms with E-state index in [1.165, 1.54) is 7.11 Å². The molecule has 1 aliphatic heterocycles. The Morgan fingerprint density at radius 2 is 1.81 bits per heavy atom. The molecule has 2 aromatic carbocycles. The molecule has 0 aliphatic carbocycles. The first-order valence-electron chi connectivity index (χ1n) is 12.2. The van der Waals surface area contributed by atoms with Crippen LogP contribution in [0.5, 0.6) is 11.5 Å². The van der Waals surface area contributed by atoms with Crippen LogP contribution in [-0.4, -0.2) is 89.3 Å². The number of hydrogen-bond acceptors (Lipinski definition) is 7. The predicted molar refractivity (Wildman–Crippen MR) is 140 cm³/mol. The number of carbonyl (C=O) groups excluding carboxylic acids is 1. The van der Waals surface area contributed by atoms with Crippen molar-refractivity contribution in [3.05, 3.63) is 77.6 Å². The molecule has 1 aromatic heterocycles. The zero-order valence-electron chi connectivity index (χ0n) is 21.0. The van der Waals surface area contributed by atoms with Crippen molar-refractivity contribution in [3.63, 3.8) is 0 Å². The molecule has 2 heterocycles. The number of aliphatic hydroxyl groups is 1. The second kappa shape index (κ2) is 12.9. The standard InChI is InChI=1S/C27H33ClN4O5/c1-35-18-26(33)31-12-11-30(19-27(34,20-31)21-37-24-5-3-2-4-6-24)16-22-7-9-25(10-8-22)36-14-13-32-17-23(28)15-29-32/h2-10,15,17,34H,11-14,16,18-21H2,1H3/t27-/m0/s1. The van der Waals surface area contributed by atoms with Crippen LogP contribution >= 0.6 is 11.6 Å². The third kappa shape index (κ3) is 8.19. The second-order valence-corrected chi connectivity index (χ2v) is 9.64. The fourth-order valence-corrected chi connectivity index (χ4v) is 4.45. The molecule has 0 bridgehead atoms. The summed E-state index contributed by atoms with van der Waals surface area (Å²) in [6.45, 7) is 3.39. The number of β-amino-alcohol motifs (C(OH)–C–C–N with tert-alkyl or cyclic N) is 1. The monoisotopic (exact) mass is 528 g/mol. The first-order chi connectivity index (χ1) is 17.9. The summed E-state index contributed by atoms with van der Waals surface area (Å²) in [6, 6.07) is 17.3. The van der Waals surface area contributed by atoms with Gasteiger partial charge in [-0.15, -0.1) is 0 Å². The molecule has 0 saturated carbocycles. The van der Waals surface area contributed by atoms with Gasteiger partial charge in [0.1, 0.15) is 36.9 Å². The smallest absolute Gasteiger partial charge is 0.248 e. The Morgan fingerprint density at radius 1 is 1.05 bits per heavy atom. The third-order valence-corrected chi connectivity index (χ3v) is 6.28. The fraction of sp³-hybridized carbons (Fsp3) is 0.407. The number of benzene rings is 2. The Morgan fingerprint density at radius 3 is 2.51 bits per heavy atom. The van der Waals surface area contributed by atoms with E-state index in [0.717, 1.165) is 11.3 Å². The van der Waals surface area contributed by atoms with Crippen LogP contribution in [-0.2, 0) is 22.6 Å². The number of rotatable bonds is 11. The van der Waals surface area contributed by atoms with Crippen LogP contribution in [0.3, 0.4) is 0 Å². The maximum absolute atomic E-state index is 12.6. The maximum atomic E-state index is 12.6. The zero-order chi connectivity index (χ0) is 26.1. The van der Waals surface area contributed by atoms with Crippen molar-refractivity contribution in [2.24, 2.45) is 0 Å². The van der Waals surface area contributed by atoms with Gasteiger partial charge in [-0.25, -0.2) is 0 Å². The molecule has 37 heavy (non-hydrogen) atoms. The van der Waals surface area contributed by atoms with E-state index in [-0.39, 0.29) is 25.7 Å². The zero-order valence-corrected chi connectivity index (χ0v) is 21.7. The highest BCUT2D eigenvalue weighted by Crippen LogP contribution is 2.21. The average Bonchev–Trinajstić information content (AvgIpc) is 3.23. The highest BCUT2D eigenvalue weighted by Gasteiger charge is 2.37. The van der Waals surface area contributed by atoms with Crippen LogP contribution in [0.2, 0.25) is 5.02 Å². The molecule has 1 amide bonds. The summed E-state index contributed by atoms with van der Waals surface area (Å²) < 4.78 is 18.5. The van der Waals surface area contributed by atoms with E-state index in [2.05, 4.69) is 10.00 Å². The number of amides is 1. The molecule has 3 aromatic rings. The highest BCUT2D eigenvalue weighted by molar-refractivity contribution is 6.30. The number of aromatic nitrogens is 2. The van der Waals surface area contributed by atoms with Gasteiger partial charge in [-0.2, -0.15) is 5.10 Å². The van der Waals surface area contributed by atoms with E-state index in [1.807, 2.05) is 54.6 Å². The largest absolute Gasteiger partial charge is 0.492 e. The molecule has 0 spiro atoms.